The molecule has 0 unspecified atom stereocenters. The lowest BCUT2D eigenvalue weighted by Crippen LogP contribution is -2.27. The van der Waals surface area contributed by atoms with Gasteiger partial charge in [0.25, 0.3) is 40.5 Å². The van der Waals surface area contributed by atoms with E-state index in [1.165, 1.54) is 0 Å². The van der Waals surface area contributed by atoms with Crippen LogP contribution in [0.5, 0.6) is 0 Å². The minimum atomic E-state index is -4.80. The van der Waals surface area contributed by atoms with Gasteiger partial charge in [-0.2, -0.15) is 33.7 Å². The Kier molecular flexibility index (Phi) is 8.57. The Hall–Kier alpha value is -2.00. The van der Waals surface area contributed by atoms with Crippen molar-refractivity contribution < 1.29 is 51.9 Å². The summed E-state index contributed by atoms with van der Waals surface area (Å²) < 4.78 is 128. The first-order valence-corrected chi connectivity index (χ1v) is 14.7. The van der Waals surface area contributed by atoms with Crippen molar-refractivity contribution in [3.05, 3.63) is 47.5 Å². The van der Waals surface area contributed by atoms with E-state index >= 15 is 0 Å². The summed E-state index contributed by atoms with van der Waals surface area (Å²) in [5.41, 5.74) is 0.00808. The molecule has 2 aromatic carbocycles. The fourth-order valence-corrected chi connectivity index (χ4v) is 5.44. The quantitative estimate of drug-likeness (QED) is 0.151. The SMILES string of the molecule is O=S(=O)(O)c1ccc(CNCCNCc2ccc(S(=O)(=O)O)cc2S(=O)(=O)O)c(S(=O)(=O)O)c1. The maximum Gasteiger partial charge on any atom is 0.294 e. The van der Waals surface area contributed by atoms with Gasteiger partial charge in [-0.25, -0.2) is 0 Å². The number of rotatable bonds is 11. The van der Waals surface area contributed by atoms with Crippen LogP contribution < -0.4 is 10.6 Å². The lowest BCUT2D eigenvalue weighted by Gasteiger charge is -2.12. The van der Waals surface area contributed by atoms with Crippen molar-refractivity contribution in [2.24, 2.45) is 0 Å². The Bertz CT molecular complexity index is 1380. The van der Waals surface area contributed by atoms with Crippen LogP contribution >= 0.6 is 0 Å². The smallest absolute Gasteiger partial charge is 0.294 e. The molecule has 2 aromatic rings. The van der Waals surface area contributed by atoms with Crippen molar-refractivity contribution in [1.82, 2.24) is 10.6 Å². The Morgan fingerprint density at radius 1 is 0.529 bits per heavy atom. The molecule has 0 amide bonds. The third-order valence-corrected chi connectivity index (χ3v) is 7.91. The lowest BCUT2D eigenvalue weighted by atomic mass is 10.2. The summed E-state index contributed by atoms with van der Waals surface area (Å²) in [4.78, 5) is -2.89. The monoisotopic (exact) mass is 560 g/mol. The molecule has 0 fully saturated rings. The van der Waals surface area contributed by atoms with Crippen molar-refractivity contribution >= 4 is 40.5 Å². The van der Waals surface area contributed by atoms with Crippen LogP contribution in [-0.2, 0) is 53.6 Å². The van der Waals surface area contributed by atoms with Gasteiger partial charge in [0.15, 0.2) is 0 Å². The molecule has 0 aromatic heterocycles. The van der Waals surface area contributed by atoms with E-state index in [0.29, 0.717) is 12.1 Å². The van der Waals surface area contributed by atoms with Crippen LogP contribution in [0.1, 0.15) is 11.1 Å². The zero-order chi connectivity index (χ0) is 25.9. The first-order chi connectivity index (χ1) is 15.4. The molecule has 0 aliphatic carbocycles. The van der Waals surface area contributed by atoms with Crippen molar-refractivity contribution in [3.8, 4) is 0 Å². The second-order valence-corrected chi connectivity index (χ2v) is 12.4. The van der Waals surface area contributed by atoms with E-state index in [9.17, 15) is 42.8 Å². The molecule has 0 radical (unpaired) electrons. The van der Waals surface area contributed by atoms with Gasteiger partial charge in [0.2, 0.25) is 0 Å². The van der Waals surface area contributed by atoms with E-state index in [-0.39, 0.29) is 37.3 Å². The number of benzene rings is 2. The third-order valence-electron chi connectivity index (χ3n) is 4.34. The number of hydrogen-bond donors (Lipinski definition) is 6. The normalized spacial score (nSPS) is 13.2. The van der Waals surface area contributed by atoms with E-state index in [0.717, 1.165) is 24.3 Å². The standard InChI is InChI=1S/C16H20N2O12S4/c19-31(20,21)13-3-1-11(15(7-13)33(25,26)27)9-17-5-6-18-10-12-2-4-14(32(22,23)24)8-16(12)34(28,29)30/h1-4,7-8,17-18H,5-6,9-10H2,(H,19,20,21)(H,22,23,24)(H,25,26,27)(H,28,29,30). The van der Waals surface area contributed by atoms with Gasteiger partial charge in [-0.1, -0.05) is 12.1 Å². The van der Waals surface area contributed by atoms with Crippen LogP contribution in [0, 0.1) is 0 Å². The number of hydrogen-bond acceptors (Lipinski definition) is 10. The molecule has 18 heteroatoms. The summed E-state index contributed by atoms with van der Waals surface area (Å²) in [6.45, 7) is 0.0499. The maximum atomic E-state index is 11.5. The van der Waals surface area contributed by atoms with Crippen LogP contribution in [0.3, 0.4) is 0 Å². The summed E-state index contributed by atoms with van der Waals surface area (Å²) in [5, 5.41) is 5.61. The van der Waals surface area contributed by atoms with Crippen LogP contribution in [0.4, 0.5) is 0 Å². The van der Waals surface area contributed by atoms with E-state index in [1.54, 1.807) is 0 Å². The number of nitrogens with one attached hydrogen (secondary N) is 2. The van der Waals surface area contributed by atoms with Gasteiger partial charge in [-0.3, -0.25) is 18.2 Å². The van der Waals surface area contributed by atoms with E-state index in [2.05, 4.69) is 10.6 Å². The van der Waals surface area contributed by atoms with Crippen LogP contribution in [0.25, 0.3) is 0 Å². The van der Waals surface area contributed by atoms with Crippen molar-refractivity contribution in [1.29, 1.82) is 0 Å². The van der Waals surface area contributed by atoms with Gasteiger partial charge in [-0.05, 0) is 35.4 Å². The van der Waals surface area contributed by atoms with E-state index < -0.39 is 60.1 Å². The Morgan fingerprint density at radius 3 is 1.12 bits per heavy atom. The topological polar surface area (TPSA) is 242 Å². The van der Waals surface area contributed by atoms with Crippen LogP contribution in [-0.4, -0.2) is 65.0 Å². The van der Waals surface area contributed by atoms with Gasteiger partial charge < -0.3 is 10.6 Å². The van der Waals surface area contributed by atoms with Crippen molar-refractivity contribution in [2.45, 2.75) is 32.7 Å². The third kappa shape index (κ3) is 7.77. The first kappa shape index (κ1) is 28.2. The van der Waals surface area contributed by atoms with Gasteiger partial charge in [0.05, 0.1) is 19.6 Å². The summed E-state index contributed by atoms with van der Waals surface area (Å²) in [7, 11) is -19.0. The fourth-order valence-electron chi connectivity index (χ4n) is 2.79. The summed E-state index contributed by atoms with van der Waals surface area (Å²) in [5.74, 6) is 0. The van der Waals surface area contributed by atoms with Gasteiger partial charge in [-0.15, -0.1) is 0 Å². The molecule has 34 heavy (non-hydrogen) atoms. The minimum Gasteiger partial charge on any atom is -0.311 e. The van der Waals surface area contributed by atoms with E-state index in [4.69, 9.17) is 9.11 Å². The lowest BCUT2D eigenvalue weighted by molar-refractivity contribution is 0.474. The zero-order valence-electron chi connectivity index (χ0n) is 17.0. The summed E-state index contributed by atoms with van der Waals surface area (Å²) in [6.07, 6.45) is 0. The average molecular weight is 561 g/mol. The Morgan fingerprint density at radius 2 is 0.853 bits per heavy atom. The molecule has 0 atom stereocenters. The zero-order valence-corrected chi connectivity index (χ0v) is 20.2. The summed E-state index contributed by atoms with van der Waals surface area (Å²) >= 11 is 0. The highest BCUT2D eigenvalue weighted by Crippen LogP contribution is 2.22. The van der Waals surface area contributed by atoms with Crippen molar-refractivity contribution in [3.63, 3.8) is 0 Å². The van der Waals surface area contributed by atoms with Gasteiger partial charge >= 0.3 is 0 Å². The van der Waals surface area contributed by atoms with Crippen LogP contribution in [0.15, 0.2) is 56.0 Å². The molecule has 2 rings (SSSR count). The average Bonchev–Trinajstić information content (AvgIpc) is 2.67. The minimum absolute atomic E-state index is 0.00404. The highest BCUT2D eigenvalue weighted by atomic mass is 32.2. The van der Waals surface area contributed by atoms with Gasteiger partial charge in [0, 0.05) is 26.2 Å². The fraction of sp³-hybridized carbons (Fsp3) is 0.250. The Balaban J connectivity index is 2.03. The Labute approximate surface area is 196 Å². The molecule has 14 nitrogen and oxygen atoms in total. The largest absolute Gasteiger partial charge is 0.311 e. The summed E-state index contributed by atoms with van der Waals surface area (Å²) in [6, 6.07) is 5.28. The molecular weight excluding hydrogens is 540 g/mol. The first-order valence-electron chi connectivity index (χ1n) is 8.98. The molecule has 0 saturated carbocycles. The maximum absolute atomic E-state index is 11.5. The molecule has 6 N–H and O–H groups in total. The molecule has 0 aliphatic rings. The second kappa shape index (κ2) is 10.3. The highest BCUT2D eigenvalue weighted by molar-refractivity contribution is 7.87. The molecule has 0 spiro atoms. The second-order valence-electron chi connectivity index (χ2n) is 6.79. The van der Waals surface area contributed by atoms with Gasteiger partial charge in [0.1, 0.15) is 0 Å². The van der Waals surface area contributed by atoms with E-state index in [1.807, 2.05) is 0 Å². The molecule has 0 bridgehead atoms. The highest BCUT2D eigenvalue weighted by Gasteiger charge is 2.21. The van der Waals surface area contributed by atoms with Crippen LogP contribution in [0.2, 0.25) is 0 Å². The van der Waals surface area contributed by atoms with Crippen molar-refractivity contribution in [2.75, 3.05) is 13.1 Å². The predicted molar refractivity (Wildman–Crippen MR) is 116 cm³/mol. The molecular formula is C16H20N2O12S4. The predicted octanol–water partition coefficient (Wildman–Crippen LogP) is -0.447. The molecule has 0 aliphatic heterocycles. The molecule has 190 valence electrons. The molecule has 0 heterocycles. The molecule has 0 saturated heterocycles.